The van der Waals surface area contributed by atoms with Crippen LogP contribution in [0.15, 0.2) is 0 Å². The summed E-state index contributed by atoms with van der Waals surface area (Å²) in [5.41, 5.74) is 0. The van der Waals surface area contributed by atoms with Gasteiger partial charge in [-0.25, -0.2) is 0 Å². The van der Waals surface area contributed by atoms with Gasteiger partial charge in [-0.2, -0.15) is 0 Å². The highest BCUT2D eigenvalue weighted by atomic mass is 16.5. The molecule has 1 aliphatic rings. The fourth-order valence-corrected chi connectivity index (χ4v) is 2.07. The van der Waals surface area contributed by atoms with Gasteiger partial charge in [0.1, 0.15) is 0 Å². The predicted molar refractivity (Wildman–Crippen MR) is 64.2 cm³/mol. The van der Waals surface area contributed by atoms with Crippen molar-refractivity contribution in [2.45, 2.75) is 57.7 Å². The first-order valence-electron chi connectivity index (χ1n) is 6.25. The third kappa shape index (κ3) is 4.96. The van der Waals surface area contributed by atoms with Gasteiger partial charge in [-0.15, -0.1) is 0 Å². The lowest BCUT2D eigenvalue weighted by atomic mass is 10.1. The quantitative estimate of drug-likeness (QED) is 0.674. The van der Waals surface area contributed by atoms with Crippen molar-refractivity contribution in [1.29, 1.82) is 0 Å². The Balaban J connectivity index is 2.04. The summed E-state index contributed by atoms with van der Waals surface area (Å²) in [5, 5.41) is 7.07. The van der Waals surface area contributed by atoms with Gasteiger partial charge in [0.15, 0.2) is 0 Å². The van der Waals surface area contributed by atoms with Crippen molar-refractivity contribution >= 4 is 0 Å². The van der Waals surface area contributed by atoms with Crippen LogP contribution < -0.4 is 10.6 Å². The lowest BCUT2D eigenvalue weighted by Crippen LogP contribution is -2.38. The van der Waals surface area contributed by atoms with Crippen molar-refractivity contribution in [3.8, 4) is 0 Å². The highest BCUT2D eigenvalue weighted by molar-refractivity contribution is 4.84. The molecule has 3 heteroatoms. The SMILES string of the molecule is CCCCC(C)NCC1CC(OC)CN1. The molecule has 0 saturated carbocycles. The van der Waals surface area contributed by atoms with Gasteiger partial charge in [0.2, 0.25) is 0 Å². The van der Waals surface area contributed by atoms with E-state index in [0.29, 0.717) is 18.2 Å². The molecule has 1 rings (SSSR count). The summed E-state index contributed by atoms with van der Waals surface area (Å²) in [5.74, 6) is 0. The van der Waals surface area contributed by atoms with E-state index in [2.05, 4.69) is 24.5 Å². The summed E-state index contributed by atoms with van der Waals surface area (Å²) >= 11 is 0. The van der Waals surface area contributed by atoms with E-state index in [9.17, 15) is 0 Å². The van der Waals surface area contributed by atoms with Crippen molar-refractivity contribution in [3.05, 3.63) is 0 Å². The number of nitrogens with one attached hydrogen (secondary N) is 2. The molecule has 0 aromatic rings. The van der Waals surface area contributed by atoms with Gasteiger partial charge >= 0.3 is 0 Å². The van der Waals surface area contributed by atoms with Crippen LogP contribution in [0.5, 0.6) is 0 Å². The third-order valence-electron chi connectivity index (χ3n) is 3.22. The van der Waals surface area contributed by atoms with E-state index in [0.717, 1.165) is 19.5 Å². The van der Waals surface area contributed by atoms with Crippen LogP contribution >= 0.6 is 0 Å². The van der Waals surface area contributed by atoms with Crippen molar-refractivity contribution < 1.29 is 4.74 Å². The van der Waals surface area contributed by atoms with E-state index >= 15 is 0 Å². The Morgan fingerprint density at radius 2 is 2.33 bits per heavy atom. The highest BCUT2D eigenvalue weighted by Gasteiger charge is 2.23. The van der Waals surface area contributed by atoms with Crippen molar-refractivity contribution in [2.24, 2.45) is 0 Å². The maximum atomic E-state index is 5.32. The number of hydrogen-bond donors (Lipinski definition) is 2. The summed E-state index contributed by atoms with van der Waals surface area (Å²) in [6.07, 6.45) is 5.47. The van der Waals surface area contributed by atoms with Gasteiger partial charge in [-0.3, -0.25) is 0 Å². The summed E-state index contributed by atoms with van der Waals surface area (Å²) in [7, 11) is 1.80. The average molecular weight is 214 g/mol. The van der Waals surface area contributed by atoms with E-state index in [4.69, 9.17) is 4.74 Å². The van der Waals surface area contributed by atoms with Gasteiger partial charge in [0.05, 0.1) is 6.10 Å². The second-order valence-corrected chi connectivity index (χ2v) is 4.65. The number of ether oxygens (including phenoxy) is 1. The molecular formula is C12H26N2O. The van der Waals surface area contributed by atoms with Crippen LogP contribution in [0.4, 0.5) is 0 Å². The molecule has 0 aromatic carbocycles. The molecule has 1 saturated heterocycles. The minimum Gasteiger partial charge on any atom is -0.380 e. The second kappa shape index (κ2) is 7.20. The monoisotopic (exact) mass is 214 g/mol. The van der Waals surface area contributed by atoms with E-state index in [1.165, 1.54) is 19.3 Å². The molecule has 15 heavy (non-hydrogen) atoms. The number of hydrogen-bond acceptors (Lipinski definition) is 3. The first-order valence-corrected chi connectivity index (χ1v) is 6.25. The standard InChI is InChI=1S/C12H26N2O/c1-4-5-6-10(2)13-8-11-7-12(15-3)9-14-11/h10-14H,4-9H2,1-3H3. The zero-order valence-electron chi connectivity index (χ0n) is 10.4. The fourth-order valence-electron chi connectivity index (χ4n) is 2.07. The minimum atomic E-state index is 0.419. The van der Waals surface area contributed by atoms with E-state index in [-0.39, 0.29) is 0 Å². The molecule has 0 bridgehead atoms. The third-order valence-corrected chi connectivity index (χ3v) is 3.22. The van der Waals surface area contributed by atoms with Crippen molar-refractivity contribution in [3.63, 3.8) is 0 Å². The molecular weight excluding hydrogens is 188 g/mol. The molecule has 2 N–H and O–H groups in total. The Hall–Kier alpha value is -0.120. The Labute approximate surface area is 94.0 Å². The first kappa shape index (κ1) is 12.9. The highest BCUT2D eigenvalue weighted by Crippen LogP contribution is 2.09. The Bertz CT molecular complexity index is 164. The van der Waals surface area contributed by atoms with E-state index < -0.39 is 0 Å². The largest absolute Gasteiger partial charge is 0.380 e. The molecule has 1 aliphatic heterocycles. The van der Waals surface area contributed by atoms with Gasteiger partial charge in [-0.05, 0) is 19.8 Å². The molecule has 0 amide bonds. The first-order chi connectivity index (χ1) is 7.26. The minimum absolute atomic E-state index is 0.419. The lowest BCUT2D eigenvalue weighted by molar-refractivity contribution is 0.117. The predicted octanol–water partition coefficient (Wildman–Crippen LogP) is 1.53. The zero-order valence-corrected chi connectivity index (χ0v) is 10.4. The van der Waals surface area contributed by atoms with Crippen LogP contribution in [0.2, 0.25) is 0 Å². The summed E-state index contributed by atoms with van der Waals surface area (Å²) in [6, 6.07) is 1.24. The van der Waals surface area contributed by atoms with Gasteiger partial charge in [0, 0.05) is 32.3 Å². The molecule has 90 valence electrons. The van der Waals surface area contributed by atoms with Crippen LogP contribution in [0, 0.1) is 0 Å². The average Bonchev–Trinajstić information content (AvgIpc) is 2.71. The molecule has 0 aliphatic carbocycles. The van der Waals surface area contributed by atoms with Crippen molar-refractivity contribution in [2.75, 3.05) is 20.2 Å². The summed E-state index contributed by atoms with van der Waals surface area (Å²) in [4.78, 5) is 0. The number of methoxy groups -OCH3 is 1. The number of unbranched alkanes of at least 4 members (excludes halogenated alkanes) is 1. The van der Waals surface area contributed by atoms with E-state index in [1.807, 2.05) is 0 Å². The van der Waals surface area contributed by atoms with Crippen LogP contribution in [-0.4, -0.2) is 38.4 Å². The van der Waals surface area contributed by atoms with Crippen LogP contribution in [0.3, 0.4) is 0 Å². The second-order valence-electron chi connectivity index (χ2n) is 4.65. The molecule has 3 unspecified atom stereocenters. The zero-order chi connectivity index (χ0) is 11.1. The maximum Gasteiger partial charge on any atom is 0.0711 e. The smallest absolute Gasteiger partial charge is 0.0711 e. The lowest BCUT2D eigenvalue weighted by Gasteiger charge is -2.17. The molecule has 0 spiro atoms. The van der Waals surface area contributed by atoms with E-state index in [1.54, 1.807) is 7.11 Å². The molecule has 1 heterocycles. The summed E-state index contributed by atoms with van der Waals surface area (Å²) in [6.45, 7) is 6.60. The normalized spacial score (nSPS) is 28.2. The topological polar surface area (TPSA) is 33.3 Å². The van der Waals surface area contributed by atoms with Crippen LogP contribution in [0.1, 0.15) is 39.5 Å². The maximum absolute atomic E-state index is 5.32. The van der Waals surface area contributed by atoms with Gasteiger partial charge < -0.3 is 15.4 Å². The van der Waals surface area contributed by atoms with Gasteiger partial charge in [0.25, 0.3) is 0 Å². The Kier molecular flexibility index (Phi) is 6.22. The number of rotatable bonds is 7. The summed E-state index contributed by atoms with van der Waals surface area (Å²) < 4.78 is 5.32. The van der Waals surface area contributed by atoms with Crippen LogP contribution in [0.25, 0.3) is 0 Å². The molecule has 0 radical (unpaired) electrons. The molecule has 3 nitrogen and oxygen atoms in total. The molecule has 0 aromatic heterocycles. The van der Waals surface area contributed by atoms with Crippen LogP contribution in [-0.2, 0) is 4.74 Å². The Morgan fingerprint density at radius 1 is 1.53 bits per heavy atom. The fraction of sp³-hybridized carbons (Fsp3) is 1.00. The Morgan fingerprint density at radius 3 is 2.93 bits per heavy atom. The van der Waals surface area contributed by atoms with Crippen molar-refractivity contribution in [1.82, 2.24) is 10.6 Å². The molecule has 3 atom stereocenters. The van der Waals surface area contributed by atoms with Gasteiger partial charge in [-0.1, -0.05) is 19.8 Å². The molecule has 1 fully saturated rings.